The summed E-state index contributed by atoms with van der Waals surface area (Å²) < 4.78 is 4.83. The van der Waals surface area contributed by atoms with Crippen LogP contribution in [0.2, 0.25) is 0 Å². The Hall–Kier alpha value is -2.10. The molecule has 0 amide bonds. The van der Waals surface area contributed by atoms with Gasteiger partial charge < -0.3 is 15.3 Å². The van der Waals surface area contributed by atoms with Crippen molar-refractivity contribution in [3.63, 3.8) is 0 Å². The molecule has 1 aromatic carbocycles. The number of aliphatic hydroxyl groups is 1. The van der Waals surface area contributed by atoms with Gasteiger partial charge in [0.15, 0.2) is 0 Å². The van der Waals surface area contributed by atoms with Gasteiger partial charge in [0, 0.05) is 6.42 Å². The molecule has 0 radical (unpaired) electrons. The van der Waals surface area contributed by atoms with Crippen LogP contribution in [0.15, 0.2) is 41.7 Å². The largest absolute Gasteiger partial charge is 0.512 e. The average molecular weight is 247 g/mol. The summed E-state index contributed by atoms with van der Waals surface area (Å²) in [5.74, 6) is -0.840. The summed E-state index contributed by atoms with van der Waals surface area (Å²) in [6.45, 7) is 3.28. The lowest BCUT2D eigenvalue weighted by Gasteiger charge is -2.09. The van der Waals surface area contributed by atoms with Crippen molar-refractivity contribution in [2.24, 2.45) is 0 Å². The van der Waals surface area contributed by atoms with Gasteiger partial charge in [0.1, 0.15) is 11.3 Å². The number of benzene rings is 1. The second-order valence-corrected chi connectivity index (χ2v) is 3.82. The first-order valence-corrected chi connectivity index (χ1v) is 5.75. The van der Waals surface area contributed by atoms with E-state index in [1.165, 1.54) is 6.92 Å². The maximum absolute atomic E-state index is 11.6. The van der Waals surface area contributed by atoms with Crippen molar-refractivity contribution >= 4 is 11.7 Å². The minimum Gasteiger partial charge on any atom is -0.512 e. The van der Waals surface area contributed by atoms with Gasteiger partial charge in [-0.1, -0.05) is 30.3 Å². The number of rotatable bonds is 5. The van der Waals surface area contributed by atoms with Crippen LogP contribution in [0.5, 0.6) is 0 Å². The number of nitrogens with one attached hydrogen (secondary N) is 1. The molecule has 0 fully saturated rings. The van der Waals surface area contributed by atoms with Crippen molar-refractivity contribution in [1.29, 1.82) is 5.41 Å². The number of carbonyl (C=O) groups is 1. The molecule has 1 aromatic rings. The van der Waals surface area contributed by atoms with Crippen LogP contribution in [0, 0.1) is 5.41 Å². The zero-order valence-electron chi connectivity index (χ0n) is 10.6. The van der Waals surface area contributed by atoms with Gasteiger partial charge >= 0.3 is 5.97 Å². The molecule has 96 valence electrons. The molecule has 0 spiro atoms. The van der Waals surface area contributed by atoms with Crippen molar-refractivity contribution in [1.82, 2.24) is 0 Å². The molecule has 0 saturated heterocycles. The zero-order chi connectivity index (χ0) is 13.5. The van der Waals surface area contributed by atoms with Crippen LogP contribution in [0.3, 0.4) is 0 Å². The maximum Gasteiger partial charge on any atom is 0.343 e. The minimum atomic E-state index is -0.654. The van der Waals surface area contributed by atoms with Crippen molar-refractivity contribution in [3.8, 4) is 0 Å². The van der Waals surface area contributed by atoms with E-state index in [9.17, 15) is 9.90 Å². The van der Waals surface area contributed by atoms with E-state index in [4.69, 9.17) is 10.1 Å². The third-order valence-electron chi connectivity index (χ3n) is 2.37. The Morgan fingerprint density at radius 3 is 2.44 bits per heavy atom. The Balaban J connectivity index is 2.86. The monoisotopic (exact) mass is 247 g/mol. The SMILES string of the molecule is CCOC(=O)/C(C(=N)Cc1ccccc1)=C(/C)O. The van der Waals surface area contributed by atoms with E-state index in [0.717, 1.165) is 5.56 Å². The van der Waals surface area contributed by atoms with Crippen molar-refractivity contribution in [2.75, 3.05) is 6.61 Å². The quantitative estimate of drug-likeness (QED) is 0.363. The Bertz CT molecular complexity index is 459. The van der Waals surface area contributed by atoms with Crippen LogP contribution in [0.4, 0.5) is 0 Å². The molecular weight excluding hydrogens is 230 g/mol. The van der Waals surface area contributed by atoms with Gasteiger partial charge in [-0.25, -0.2) is 4.79 Å². The summed E-state index contributed by atoms with van der Waals surface area (Å²) in [7, 11) is 0. The van der Waals surface area contributed by atoms with Gasteiger partial charge in [-0.3, -0.25) is 0 Å². The van der Waals surface area contributed by atoms with E-state index in [0.29, 0.717) is 0 Å². The number of hydrogen-bond acceptors (Lipinski definition) is 4. The van der Waals surface area contributed by atoms with Gasteiger partial charge in [0.25, 0.3) is 0 Å². The lowest BCUT2D eigenvalue weighted by atomic mass is 10.0. The highest BCUT2D eigenvalue weighted by molar-refractivity contribution is 6.19. The van der Waals surface area contributed by atoms with Crippen LogP contribution >= 0.6 is 0 Å². The molecule has 4 nitrogen and oxygen atoms in total. The summed E-state index contributed by atoms with van der Waals surface area (Å²) in [5, 5.41) is 17.4. The predicted octanol–water partition coefficient (Wildman–Crippen LogP) is 2.64. The molecule has 0 heterocycles. The fourth-order valence-electron chi connectivity index (χ4n) is 1.58. The summed E-state index contributed by atoms with van der Waals surface area (Å²) >= 11 is 0. The Kier molecular flexibility index (Phi) is 5.11. The number of allylic oxidation sites excluding steroid dienone is 1. The van der Waals surface area contributed by atoms with Crippen LogP contribution in [-0.4, -0.2) is 23.4 Å². The second-order valence-electron chi connectivity index (χ2n) is 3.82. The zero-order valence-corrected chi connectivity index (χ0v) is 10.6. The van der Waals surface area contributed by atoms with Gasteiger partial charge in [-0.15, -0.1) is 0 Å². The Labute approximate surface area is 106 Å². The molecule has 0 bridgehead atoms. The topological polar surface area (TPSA) is 70.4 Å². The lowest BCUT2D eigenvalue weighted by molar-refractivity contribution is -0.138. The number of hydrogen-bond donors (Lipinski definition) is 2. The molecular formula is C14H17NO3. The third-order valence-corrected chi connectivity index (χ3v) is 2.37. The van der Waals surface area contributed by atoms with Crippen LogP contribution in [0.1, 0.15) is 19.4 Å². The fourth-order valence-corrected chi connectivity index (χ4v) is 1.58. The predicted molar refractivity (Wildman–Crippen MR) is 69.8 cm³/mol. The van der Waals surface area contributed by atoms with Gasteiger partial charge in [-0.2, -0.15) is 0 Å². The van der Waals surface area contributed by atoms with Crippen molar-refractivity contribution in [2.45, 2.75) is 20.3 Å². The standard InChI is InChI=1S/C14H17NO3/c1-3-18-14(17)13(10(2)16)12(15)9-11-7-5-4-6-8-11/h4-8,15-16H,3,9H2,1-2H3/b13-10-,15-12?. The highest BCUT2D eigenvalue weighted by Crippen LogP contribution is 2.11. The van der Waals surface area contributed by atoms with E-state index in [2.05, 4.69) is 0 Å². The Morgan fingerprint density at radius 2 is 1.94 bits per heavy atom. The highest BCUT2D eigenvalue weighted by Gasteiger charge is 2.19. The number of aliphatic hydroxyl groups excluding tert-OH is 1. The van der Waals surface area contributed by atoms with Crippen LogP contribution in [-0.2, 0) is 16.0 Å². The molecule has 0 aromatic heterocycles. The summed E-state index contributed by atoms with van der Waals surface area (Å²) in [6, 6.07) is 9.34. The summed E-state index contributed by atoms with van der Waals surface area (Å²) in [6.07, 6.45) is 0.285. The summed E-state index contributed by atoms with van der Waals surface area (Å²) in [4.78, 5) is 11.6. The van der Waals surface area contributed by atoms with E-state index in [1.807, 2.05) is 30.3 Å². The fraction of sp³-hybridized carbons (Fsp3) is 0.286. The van der Waals surface area contributed by atoms with E-state index >= 15 is 0 Å². The third kappa shape index (κ3) is 3.73. The lowest BCUT2D eigenvalue weighted by Crippen LogP contribution is -2.19. The van der Waals surface area contributed by atoms with Gasteiger partial charge in [0.2, 0.25) is 0 Å². The molecule has 0 aliphatic carbocycles. The molecule has 4 heteroatoms. The van der Waals surface area contributed by atoms with Gasteiger partial charge in [0.05, 0.1) is 12.3 Å². The molecule has 0 saturated carbocycles. The van der Waals surface area contributed by atoms with E-state index < -0.39 is 5.97 Å². The first-order chi connectivity index (χ1) is 8.56. The minimum absolute atomic E-state index is 0.0549. The molecule has 0 unspecified atom stereocenters. The number of ether oxygens (including phenoxy) is 1. The second kappa shape index (κ2) is 6.59. The van der Waals surface area contributed by atoms with Crippen LogP contribution < -0.4 is 0 Å². The molecule has 2 N–H and O–H groups in total. The van der Waals surface area contributed by atoms with Crippen molar-refractivity contribution < 1.29 is 14.6 Å². The first-order valence-electron chi connectivity index (χ1n) is 5.75. The van der Waals surface area contributed by atoms with Crippen LogP contribution in [0.25, 0.3) is 0 Å². The number of esters is 1. The molecule has 0 aliphatic rings. The Morgan fingerprint density at radius 1 is 1.33 bits per heavy atom. The average Bonchev–Trinajstić information content (AvgIpc) is 2.30. The van der Waals surface area contributed by atoms with Crippen molar-refractivity contribution in [3.05, 3.63) is 47.2 Å². The first kappa shape index (κ1) is 14.0. The molecule has 18 heavy (non-hydrogen) atoms. The molecule has 0 aliphatic heterocycles. The maximum atomic E-state index is 11.6. The normalized spacial score (nSPS) is 11.7. The van der Waals surface area contributed by atoms with E-state index in [-0.39, 0.29) is 30.1 Å². The summed E-state index contributed by atoms with van der Waals surface area (Å²) in [5.41, 5.74) is 0.908. The van der Waals surface area contributed by atoms with Gasteiger partial charge in [-0.05, 0) is 19.4 Å². The smallest absolute Gasteiger partial charge is 0.343 e. The van der Waals surface area contributed by atoms with E-state index in [1.54, 1.807) is 6.92 Å². The molecule has 1 rings (SSSR count). The highest BCUT2D eigenvalue weighted by atomic mass is 16.5. The molecule has 0 atom stereocenters. The number of carbonyl (C=O) groups excluding carboxylic acids is 1.